The summed E-state index contributed by atoms with van der Waals surface area (Å²) in [7, 11) is 4.29. The maximum Gasteiger partial charge on any atom is 0.0220 e. The standard InChI is InChI=1S/C12H28N2/c1-7-11(8-2)13-12(10(3)4)9-14(5)6/h10-13H,7-9H2,1-6H3. The van der Waals surface area contributed by atoms with Crippen LogP contribution in [0.25, 0.3) is 0 Å². The zero-order valence-electron chi connectivity index (χ0n) is 10.8. The van der Waals surface area contributed by atoms with Gasteiger partial charge in [0.15, 0.2) is 0 Å². The fourth-order valence-corrected chi connectivity index (χ4v) is 1.68. The number of hydrogen-bond acceptors (Lipinski definition) is 2. The van der Waals surface area contributed by atoms with Crippen LogP contribution in [-0.2, 0) is 0 Å². The first-order valence-corrected chi connectivity index (χ1v) is 5.91. The Morgan fingerprint density at radius 1 is 1.07 bits per heavy atom. The molecule has 0 aliphatic rings. The second-order valence-electron chi connectivity index (χ2n) is 4.79. The Morgan fingerprint density at radius 3 is 1.86 bits per heavy atom. The van der Waals surface area contributed by atoms with E-state index in [-0.39, 0.29) is 0 Å². The van der Waals surface area contributed by atoms with Gasteiger partial charge in [-0.3, -0.25) is 0 Å². The number of likely N-dealkylation sites (N-methyl/N-ethyl adjacent to an activating group) is 1. The molecule has 0 amide bonds. The summed E-state index contributed by atoms with van der Waals surface area (Å²) in [6, 6.07) is 1.30. The van der Waals surface area contributed by atoms with Crippen molar-refractivity contribution in [2.24, 2.45) is 5.92 Å². The first-order chi connectivity index (χ1) is 6.51. The average molecular weight is 200 g/mol. The van der Waals surface area contributed by atoms with Gasteiger partial charge in [-0.05, 0) is 32.9 Å². The van der Waals surface area contributed by atoms with E-state index in [0.717, 1.165) is 6.54 Å². The number of rotatable bonds is 7. The van der Waals surface area contributed by atoms with Gasteiger partial charge in [-0.15, -0.1) is 0 Å². The number of nitrogens with zero attached hydrogens (tertiary/aromatic N) is 1. The van der Waals surface area contributed by atoms with Crippen molar-refractivity contribution < 1.29 is 0 Å². The Balaban J connectivity index is 4.07. The molecule has 0 saturated heterocycles. The summed E-state index contributed by atoms with van der Waals surface area (Å²) in [5.41, 5.74) is 0. The third-order valence-electron chi connectivity index (χ3n) is 2.80. The highest BCUT2D eigenvalue weighted by molar-refractivity contribution is 4.77. The first-order valence-electron chi connectivity index (χ1n) is 5.91. The second-order valence-corrected chi connectivity index (χ2v) is 4.79. The molecule has 0 rings (SSSR count). The molecule has 0 aromatic heterocycles. The van der Waals surface area contributed by atoms with Gasteiger partial charge >= 0.3 is 0 Å². The summed E-state index contributed by atoms with van der Waals surface area (Å²) in [5.74, 6) is 0.706. The van der Waals surface area contributed by atoms with E-state index >= 15 is 0 Å². The lowest BCUT2D eigenvalue weighted by atomic mass is 10.0. The molecule has 0 aromatic rings. The van der Waals surface area contributed by atoms with Gasteiger partial charge in [0.25, 0.3) is 0 Å². The van der Waals surface area contributed by atoms with Gasteiger partial charge in [-0.2, -0.15) is 0 Å². The van der Waals surface area contributed by atoms with Crippen molar-refractivity contribution in [3.05, 3.63) is 0 Å². The van der Waals surface area contributed by atoms with Gasteiger partial charge < -0.3 is 10.2 Å². The molecule has 0 radical (unpaired) electrons. The normalized spacial score (nSPS) is 14.4. The minimum absolute atomic E-state index is 0.620. The highest BCUT2D eigenvalue weighted by Crippen LogP contribution is 2.07. The monoisotopic (exact) mass is 200 g/mol. The largest absolute Gasteiger partial charge is 0.310 e. The minimum atomic E-state index is 0.620. The smallest absolute Gasteiger partial charge is 0.0220 e. The zero-order chi connectivity index (χ0) is 11.1. The molecule has 0 saturated carbocycles. The lowest BCUT2D eigenvalue weighted by molar-refractivity contribution is 0.263. The molecule has 0 bridgehead atoms. The van der Waals surface area contributed by atoms with Crippen LogP contribution in [0.2, 0.25) is 0 Å². The van der Waals surface area contributed by atoms with E-state index in [1.54, 1.807) is 0 Å². The maximum atomic E-state index is 3.74. The zero-order valence-corrected chi connectivity index (χ0v) is 10.8. The summed E-state index contributed by atoms with van der Waals surface area (Å²) >= 11 is 0. The third kappa shape index (κ3) is 5.61. The van der Waals surface area contributed by atoms with Gasteiger partial charge in [-0.1, -0.05) is 27.7 Å². The molecule has 2 nitrogen and oxygen atoms in total. The van der Waals surface area contributed by atoms with Crippen LogP contribution in [0.3, 0.4) is 0 Å². The van der Waals surface area contributed by atoms with Crippen molar-refractivity contribution in [3.8, 4) is 0 Å². The summed E-state index contributed by atoms with van der Waals surface area (Å²) in [4.78, 5) is 2.26. The van der Waals surface area contributed by atoms with Gasteiger partial charge in [0.1, 0.15) is 0 Å². The molecule has 1 unspecified atom stereocenters. The van der Waals surface area contributed by atoms with Gasteiger partial charge in [0.05, 0.1) is 0 Å². The summed E-state index contributed by atoms with van der Waals surface area (Å²) < 4.78 is 0. The van der Waals surface area contributed by atoms with Crippen molar-refractivity contribution in [2.45, 2.75) is 52.6 Å². The quantitative estimate of drug-likeness (QED) is 0.678. The summed E-state index contributed by atoms with van der Waals surface area (Å²) in [5, 5.41) is 3.74. The van der Waals surface area contributed by atoms with Crippen molar-refractivity contribution in [3.63, 3.8) is 0 Å². The second kappa shape index (κ2) is 7.24. The Bertz CT molecular complexity index is 128. The highest BCUT2D eigenvalue weighted by atomic mass is 15.1. The van der Waals surface area contributed by atoms with Crippen LogP contribution >= 0.6 is 0 Å². The molecule has 0 aromatic carbocycles. The van der Waals surface area contributed by atoms with Crippen LogP contribution in [-0.4, -0.2) is 37.6 Å². The predicted octanol–water partition coefficient (Wildman–Crippen LogP) is 2.35. The van der Waals surface area contributed by atoms with E-state index in [2.05, 4.69) is 52.0 Å². The number of nitrogens with one attached hydrogen (secondary N) is 1. The molecular weight excluding hydrogens is 172 g/mol. The molecule has 0 aliphatic heterocycles. The lowest BCUT2D eigenvalue weighted by Crippen LogP contribution is -2.46. The van der Waals surface area contributed by atoms with Crippen LogP contribution in [0.4, 0.5) is 0 Å². The Kier molecular flexibility index (Phi) is 7.20. The van der Waals surface area contributed by atoms with Gasteiger partial charge in [0, 0.05) is 18.6 Å². The van der Waals surface area contributed by atoms with E-state index in [9.17, 15) is 0 Å². The predicted molar refractivity (Wildman–Crippen MR) is 64.7 cm³/mol. The fourth-order valence-electron chi connectivity index (χ4n) is 1.68. The number of hydrogen-bond donors (Lipinski definition) is 1. The van der Waals surface area contributed by atoms with Crippen molar-refractivity contribution >= 4 is 0 Å². The summed E-state index contributed by atoms with van der Waals surface area (Å²) in [6.07, 6.45) is 2.46. The fraction of sp³-hybridized carbons (Fsp3) is 1.00. The first kappa shape index (κ1) is 13.9. The molecular formula is C12H28N2. The molecule has 0 fully saturated rings. The van der Waals surface area contributed by atoms with Crippen LogP contribution in [0, 0.1) is 5.92 Å². The van der Waals surface area contributed by atoms with Crippen LogP contribution in [0.5, 0.6) is 0 Å². The molecule has 14 heavy (non-hydrogen) atoms. The van der Waals surface area contributed by atoms with E-state index in [1.807, 2.05) is 0 Å². The lowest BCUT2D eigenvalue weighted by Gasteiger charge is -2.29. The average Bonchev–Trinajstić information content (AvgIpc) is 2.11. The molecule has 86 valence electrons. The third-order valence-corrected chi connectivity index (χ3v) is 2.80. The molecule has 0 heterocycles. The summed E-state index contributed by atoms with van der Waals surface area (Å²) in [6.45, 7) is 10.2. The van der Waals surface area contributed by atoms with Crippen LogP contribution in [0.1, 0.15) is 40.5 Å². The Labute approximate surface area is 90.1 Å². The molecule has 1 N–H and O–H groups in total. The van der Waals surface area contributed by atoms with Crippen molar-refractivity contribution in [1.82, 2.24) is 10.2 Å². The SMILES string of the molecule is CCC(CC)NC(CN(C)C)C(C)C. The molecule has 2 heteroatoms. The van der Waals surface area contributed by atoms with Crippen LogP contribution < -0.4 is 5.32 Å². The van der Waals surface area contributed by atoms with Gasteiger partial charge in [0.2, 0.25) is 0 Å². The van der Waals surface area contributed by atoms with E-state index in [4.69, 9.17) is 0 Å². The Hall–Kier alpha value is -0.0800. The van der Waals surface area contributed by atoms with E-state index in [0.29, 0.717) is 18.0 Å². The molecule has 1 atom stereocenters. The molecule has 0 aliphatic carbocycles. The van der Waals surface area contributed by atoms with Gasteiger partial charge in [-0.25, -0.2) is 0 Å². The van der Waals surface area contributed by atoms with Crippen LogP contribution in [0.15, 0.2) is 0 Å². The van der Waals surface area contributed by atoms with Crippen molar-refractivity contribution in [2.75, 3.05) is 20.6 Å². The Morgan fingerprint density at radius 2 is 1.57 bits per heavy atom. The highest BCUT2D eigenvalue weighted by Gasteiger charge is 2.16. The van der Waals surface area contributed by atoms with Crippen molar-refractivity contribution in [1.29, 1.82) is 0 Å². The topological polar surface area (TPSA) is 15.3 Å². The minimum Gasteiger partial charge on any atom is -0.310 e. The molecule has 0 spiro atoms. The van der Waals surface area contributed by atoms with E-state index < -0.39 is 0 Å². The van der Waals surface area contributed by atoms with E-state index in [1.165, 1.54) is 12.8 Å². The maximum absolute atomic E-state index is 3.74.